The Labute approximate surface area is 125 Å². The van der Waals surface area contributed by atoms with Crippen molar-refractivity contribution in [2.24, 2.45) is 5.73 Å². The van der Waals surface area contributed by atoms with Crippen LogP contribution in [0.5, 0.6) is 0 Å². The fourth-order valence-electron chi connectivity index (χ4n) is 2.57. The summed E-state index contributed by atoms with van der Waals surface area (Å²) in [6.07, 6.45) is 1.66. The fourth-order valence-corrected chi connectivity index (χ4v) is 2.57. The second kappa shape index (κ2) is 5.69. The van der Waals surface area contributed by atoms with E-state index in [1.54, 1.807) is 6.07 Å². The van der Waals surface area contributed by atoms with E-state index in [0.29, 0.717) is 29.6 Å². The van der Waals surface area contributed by atoms with Crippen molar-refractivity contribution < 1.29 is 8.78 Å². The fraction of sp³-hybridized carbons (Fsp3) is 0.118. The second-order valence-corrected chi connectivity index (χ2v) is 5.04. The van der Waals surface area contributed by atoms with E-state index in [1.807, 2.05) is 6.07 Å². The van der Waals surface area contributed by atoms with Crippen molar-refractivity contribution in [2.75, 3.05) is 6.54 Å². The maximum absolute atomic E-state index is 13.4. The molecule has 0 unspecified atom stereocenters. The Morgan fingerprint density at radius 2 is 1.68 bits per heavy atom. The lowest BCUT2D eigenvalue weighted by atomic mass is 9.98. The largest absolute Gasteiger partial charge is 0.330 e. The zero-order chi connectivity index (χ0) is 15.7. The zero-order valence-corrected chi connectivity index (χ0v) is 11.7. The summed E-state index contributed by atoms with van der Waals surface area (Å²) in [7, 11) is 0. The number of aromatic nitrogens is 1. The third-order valence-electron chi connectivity index (χ3n) is 3.57. The van der Waals surface area contributed by atoms with Gasteiger partial charge in [0.1, 0.15) is 11.6 Å². The average molecular weight is 300 g/mol. The summed E-state index contributed by atoms with van der Waals surface area (Å²) in [6.45, 7) is 0.380. The molecule has 3 nitrogen and oxygen atoms in total. The molecule has 5 heteroatoms. The quantitative estimate of drug-likeness (QED) is 0.808. The van der Waals surface area contributed by atoms with Gasteiger partial charge in [0.25, 0.3) is 5.56 Å². The number of halogens is 2. The van der Waals surface area contributed by atoms with Gasteiger partial charge in [-0.1, -0.05) is 12.1 Å². The maximum atomic E-state index is 13.4. The third-order valence-corrected chi connectivity index (χ3v) is 3.57. The van der Waals surface area contributed by atoms with Crippen LogP contribution in [0.2, 0.25) is 0 Å². The number of pyridine rings is 2. The molecule has 22 heavy (non-hydrogen) atoms. The number of nitrogens with zero attached hydrogens (tertiary/aromatic N) is 1. The first-order chi connectivity index (χ1) is 10.6. The van der Waals surface area contributed by atoms with Crippen molar-refractivity contribution in [1.82, 2.24) is 4.40 Å². The monoisotopic (exact) mass is 300 g/mol. The van der Waals surface area contributed by atoms with Crippen molar-refractivity contribution in [2.45, 2.75) is 6.42 Å². The average Bonchev–Trinajstić information content (AvgIpc) is 2.50. The Balaban J connectivity index is 2.34. The molecule has 3 aromatic rings. The molecule has 0 aliphatic rings. The number of rotatable bonds is 3. The van der Waals surface area contributed by atoms with Crippen LogP contribution in [0.4, 0.5) is 8.78 Å². The molecule has 2 aromatic heterocycles. The summed E-state index contributed by atoms with van der Waals surface area (Å²) < 4.78 is 27.8. The van der Waals surface area contributed by atoms with Crippen LogP contribution in [0.15, 0.2) is 53.5 Å². The van der Waals surface area contributed by atoms with Gasteiger partial charge in [0.15, 0.2) is 0 Å². The van der Waals surface area contributed by atoms with Crippen LogP contribution >= 0.6 is 0 Å². The number of benzene rings is 1. The lowest BCUT2D eigenvalue weighted by Crippen LogP contribution is -2.19. The third kappa shape index (κ3) is 2.51. The van der Waals surface area contributed by atoms with Gasteiger partial charge < -0.3 is 5.73 Å². The summed E-state index contributed by atoms with van der Waals surface area (Å²) in [4.78, 5) is 12.7. The van der Waals surface area contributed by atoms with Crippen LogP contribution in [-0.2, 0) is 6.42 Å². The Morgan fingerprint density at radius 1 is 1.00 bits per heavy atom. The highest BCUT2D eigenvalue weighted by Gasteiger charge is 2.13. The SMILES string of the molecule is NCCc1cc2ccc(F)cn2c(=O)c1-c1ccc(F)cc1. The molecule has 3 rings (SSSR count). The zero-order valence-electron chi connectivity index (χ0n) is 11.7. The van der Waals surface area contributed by atoms with Crippen LogP contribution in [0, 0.1) is 11.6 Å². The van der Waals surface area contributed by atoms with Crippen molar-refractivity contribution >= 4 is 5.52 Å². The molecule has 0 saturated carbocycles. The number of nitrogens with two attached hydrogens (primary N) is 1. The molecule has 0 saturated heterocycles. The standard InChI is InChI=1S/C17H14F2N2O/c18-13-3-1-11(2-4-13)16-12(7-8-20)9-15-6-5-14(19)10-21(15)17(16)22/h1-6,9-10H,7-8,20H2. The second-order valence-electron chi connectivity index (χ2n) is 5.04. The van der Waals surface area contributed by atoms with Crippen LogP contribution in [0.25, 0.3) is 16.6 Å². The van der Waals surface area contributed by atoms with Crippen LogP contribution in [-0.4, -0.2) is 10.9 Å². The van der Waals surface area contributed by atoms with Gasteiger partial charge in [0, 0.05) is 11.7 Å². The minimum atomic E-state index is -0.494. The number of fused-ring (bicyclic) bond motifs is 1. The van der Waals surface area contributed by atoms with E-state index in [4.69, 9.17) is 5.73 Å². The predicted octanol–water partition coefficient (Wildman–Crippen LogP) is 2.75. The smallest absolute Gasteiger partial charge is 0.263 e. The summed E-state index contributed by atoms with van der Waals surface area (Å²) in [5.74, 6) is -0.873. The normalized spacial score (nSPS) is 11.0. The van der Waals surface area contributed by atoms with Gasteiger partial charge in [0.2, 0.25) is 0 Å². The number of hydrogen-bond donors (Lipinski definition) is 1. The molecular weight excluding hydrogens is 286 g/mol. The molecule has 0 amide bonds. The lowest BCUT2D eigenvalue weighted by Gasteiger charge is -2.11. The van der Waals surface area contributed by atoms with Crippen molar-refractivity contribution in [3.05, 3.63) is 76.2 Å². The van der Waals surface area contributed by atoms with Crippen LogP contribution < -0.4 is 11.3 Å². The first-order valence-corrected chi connectivity index (χ1v) is 6.90. The molecule has 2 heterocycles. The van der Waals surface area contributed by atoms with E-state index in [0.717, 1.165) is 11.8 Å². The minimum absolute atomic E-state index is 0.341. The molecule has 1 aromatic carbocycles. The highest BCUT2D eigenvalue weighted by Crippen LogP contribution is 2.22. The summed E-state index contributed by atoms with van der Waals surface area (Å²) in [5.41, 5.74) is 7.66. The van der Waals surface area contributed by atoms with Gasteiger partial charge in [-0.25, -0.2) is 8.78 Å². The van der Waals surface area contributed by atoms with Crippen molar-refractivity contribution in [1.29, 1.82) is 0 Å². The van der Waals surface area contributed by atoms with Gasteiger partial charge in [-0.2, -0.15) is 0 Å². The molecule has 0 spiro atoms. The lowest BCUT2D eigenvalue weighted by molar-refractivity contribution is 0.618. The van der Waals surface area contributed by atoms with E-state index < -0.39 is 5.82 Å². The van der Waals surface area contributed by atoms with Gasteiger partial charge >= 0.3 is 0 Å². The first-order valence-electron chi connectivity index (χ1n) is 6.90. The van der Waals surface area contributed by atoms with E-state index in [2.05, 4.69) is 0 Å². The van der Waals surface area contributed by atoms with Crippen molar-refractivity contribution in [3.63, 3.8) is 0 Å². The maximum Gasteiger partial charge on any atom is 0.263 e. The molecule has 0 bridgehead atoms. The van der Waals surface area contributed by atoms with Gasteiger partial charge in [-0.3, -0.25) is 9.20 Å². The Morgan fingerprint density at radius 3 is 2.36 bits per heavy atom. The molecular formula is C17H14F2N2O. The van der Waals surface area contributed by atoms with Gasteiger partial charge in [0.05, 0.1) is 5.56 Å². The topological polar surface area (TPSA) is 47.5 Å². The minimum Gasteiger partial charge on any atom is -0.330 e. The Hall–Kier alpha value is -2.53. The molecule has 0 radical (unpaired) electrons. The van der Waals surface area contributed by atoms with E-state index in [-0.39, 0.29) is 11.4 Å². The van der Waals surface area contributed by atoms with Gasteiger partial charge in [-0.05, 0) is 54.4 Å². The van der Waals surface area contributed by atoms with Crippen LogP contribution in [0.3, 0.4) is 0 Å². The molecule has 0 fully saturated rings. The Bertz CT molecular complexity index is 886. The van der Waals surface area contributed by atoms with E-state index >= 15 is 0 Å². The Kier molecular flexibility index (Phi) is 3.73. The van der Waals surface area contributed by atoms with E-state index in [9.17, 15) is 13.6 Å². The van der Waals surface area contributed by atoms with E-state index in [1.165, 1.54) is 34.7 Å². The highest BCUT2D eigenvalue weighted by atomic mass is 19.1. The highest BCUT2D eigenvalue weighted by molar-refractivity contribution is 5.70. The van der Waals surface area contributed by atoms with Gasteiger partial charge in [-0.15, -0.1) is 0 Å². The summed E-state index contributed by atoms with van der Waals surface area (Å²) in [5, 5.41) is 0. The van der Waals surface area contributed by atoms with Crippen LogP contribution in [0.1, 0.15) is 5.56 Å². The molecule has 2 N–H and O–H groups in total. The molecule has 0 atom stereocenters. The molecule has 112 valence electrons. The number of hydrogen-bond acceptors (Lipinski definition) is 2. The van der Waals surface area contributed by atoms with Crippen molar-refractivity contribution in [3.8, 4) is 11.1 Å². The molecule has 0 aliphatic carbocycles. The summed E-state index contributed by atoms with van der Waals surface area (Å²) in [6, 6.07) is 10.3. The molecule has 0 aliphatic heterocycles. The summed E-state index contributed by atoms with van der Waals surface area (Å²) >= 11 is 0. The first kappa shape index (κ1) is 14.4. The predicted molar refractivity (Wildman–Crippen MR) is 81.8 cm³/mol.